The van der Waals surface area contributed by atoms with E-state index in [1.807, 2.05) is 55.5 Å². The second-order valence-electron chi connectivity index (χ2n) is 7.14. The fourth-order valence-corrected chi connectivity index (χ4v) is 3.08. The number of nitrogens with two attached hydrogens (primary N) is 1. The van der Waals surface area contributed by atoms with Crippen LogP contribution in [0.2, 0.25) is 0 Å². The van der Waals surface area contributed by atoms with Crippen LogP contribution in [-0.2, 0) is 24.8 Å². The quantitative estimate of drug-likeness (QED) is 0.515. The normalized spacial score (nSPS) is 13.4. The predicted molar refractivity (Wildman–Crippen MR) is 104 cm³/mol. The zero-order valence-electron chi connectivity index (χ0n) is 15.7. The molecule has 28 heavy (non-hydrogen) atoms. The summed E-state index contributed by atoms with van der Waals surface area (Å²) in [5.41, 5.74) is 7.98. The number of H-pyrrole nitrogens is 1. The van der Waals surface area contributed by atoms with Crippen LogP contribution in [0.25, 0.3) is 0 Å². The maximum atomic E-state index is 6.43. The third kappa shape index (κ3) is 4.32. The van der Waals surface area contributed by atoms with Crippen LogP contribution in [0.5, 0.6) is 0 Å². The van der Waals surface area contributed by atoms with Gasteiger partial charge in [-0.05, 0) is 24.5 Å². The van der Waals surface area contributed by atoms with E-state index in [2.05, 4.69) is 37.5 Å². The minimum atomic E-state index is -0.744. The summed E-state index contributed by atoms with van der Waals surface area (Å²) in [6.07, 6.45) is 1.69. The van der Waals surface area contributed by atoms with E-state index in [1.165, 1.54) is 5.56 Å². The van der Waals surface area contributed by atoms with Crippen molar-refractivity contribution >= 4 is 0 Å². The second-order valence-corrected chi connectivity index (χ2v) is 7.14. The molecule has 0 fully saturated rings. The molecular formula is C21H22N6O. The van der Waals surface area contributed by atoms with Gasteiger partial charge in [0.05, 0.1) is 12.0 Å². The molecule has 142 valence electrons. The van der Waals surface area contributed by atoms with Crippen LogP contribution in [0.4, 0.5) is 0 Å². The van der Waals surface area contributed by atoms with Gasteiger partial charge in [0.25, 0.3) is 0 Å². The lowest BCUT2D eigenvalue weighted by Gasteiger charge is -2.20. The molecule has 3 N–H and O–H groups in total. The molecule has 0 radical (unpaired) electrons. The Bertz CT molecular complexity index is 1020. The number of hydrogen-bond acceptors (Lipinski definition) is 6. The molecule has 2 aromatic heterocycles. The maximum absolute atomic E-state index is 6.43. The first-order chi connectivity index (χ1) is 13.6. The summed E-state index contributed by atoms with van der Waals surface area (Å²) in [5, 5.41) is 16.7. The molecule has 0 spiro atoms. The Morgan fingerprint density at radius 3 is 2.11 bits per heavy atom. The average molecular weight is 374 g/mol. The molecule has 7 nitrogen and oxygen atoms in total. The van der Waals surface area contributed by atoms with Gasteiger partial charge in [0.2, 0.25) is 11.8 Å². The van der Waals surface area contributed by atoms with Gasteiger partial charge in [0.15, 0.2) is 0 Å². The van der Waals surface area contributed by atoms with E-state index in [-0.39, 0.29) is 0 Å². The molecule has 0 unspecified atom stereocenters. The zero-order chi connectivity index (χ0) is 19.4. The third-order valence-corrected chi connectivity index (χ3v) is 4.48. The van der Waals surface area contributed by atoms with Crippen LogP contribution >= 0.6 is 0 Å². The van der Waals surface area contributed by atoms with Crippen LogP contribution < -0.4 is 5.73 Å². The van der Waals surface area contributed by atoms with Gasteiger partial charge < -0.3 is 15.1 Å². The summed E-state index contributed by atoms with van der Waals surface area (Å²) >= 11 is 0. The minimum Gasteiger partial charge on any atom is -0.423 e. The first-order valence-electron chi connectivity index (χ1n) is 9.18. The molecule has 0 aliphatic carbocycles. The molecule has 7 heteroatoms. The van der Waals surface area contributed by atoms with E-state index in [1.54, 1.807) is 0 Å². The molecule has 4 aromatic rings. The zero-order valence-corrected chi connectivity index (χ0v) is 15.7. The van der Waals surface area contributed by atoms with Gasteiger partial charge in [-0.3, -0.25) is 0 Å². The smallest absolute Gasteiger partial charge is 0.236 e. The molecule has 1 atom stereocenters. The number of hydrogen-bond donors (Lipinski definition) is 2. The van der Waals surface area contributed by atoms with Crippen molar-refractivity contribution in [3.63, 3.8) is 0 Å². The average Bonchev–Trinajstić information content (AvgIpc) is 3.34. The Balaban J connectivity index is 1.42. The lowest BCUT2D eigenvalue weighted by molar-refractivity contribution is 0.338. The number of aromatic nitrogens is 5. The van der Waals surface area contributed by atoms with E-state index in [4.69, 9.17) is 10.2 Å². The van der Waals surface area contributed by atoms with Crippen molar-refractivity contribution < 1.29 is 4.42 Å². The van der Waals surface area contributed by atoms with Crippen LogP contribution in [0, 0.1) is 0 Å². The Morgan fingerprint density at radius 2 is 1.43 bits per heavy atom. The molecule has 0 saturated carbocycles. The van der Waals surface area contributed by atoms with Crippen molar-refractivity contribution in [2.75, 3.05) is 0 Å². The summed E-state index contributed by atoms with van der Waals surface area (Å²) in [7, 11) is 0. The van der Waals surface area contributed by atoms with Crippen LogP contribution in [0.15, 0.2) is 65.1 Å². The molecule has 0 aliphatic rings. The first-order valence-corrected chi connectivity index (χ1v) is 9.18. The predicted octanol–water partition coefficient (Wildman–Crippen LogP) is 2.79. The summed E-state index contributed by atoms with van der Waals surface area (Å²) < 4.78 is 5.82. The van der Waals surface area contributed by atoms with Crippen molar-refractivity contribution in [3.8, 4) is 0 Å². The maximum Gasteiger partial charge on any atom is 0.236 e. The molecule has 0 saturated heterocycles. The Hall–Kier alpha value is -3.32. The van der Waals surface area contributed by atoms with E-state index in [0.29, 0.717) is 36.9 Å². The van der Waals surface area contributed by atoms with Gasteiger partial charge in [-0.15, -0.1) is 20.4 Å². The summed E-state index contributed by atoms with van der Waals surface area (Å²) in [6, 6.07) is 20.1. The largest absolute Gasteiger partial charge is 0.423 e. The summed E-state index contributed by atoms with van der Waals surface area (Å²) in [5.74, 6) is 2.36. The number of benzene rings is 2. The lowest BCUT2D eigenvalue weighted by atomic mass is 9.94. The van der Waals surface area contributed by atoms with Crippen LogP contribution in [0.1, 0.15) is 41.5 Å². The van der Waals surface area contributed by atoms with Gasteiger partial charge in [-0.2, -0.15) is 0 Å². The number of rotatable bonds is 7. The minimum absolute atomic E-state index is 0.385. The van der Waals surface area contributed by atoms with Crippen LogP contribution in [0.3, 0.4) is 0 Å². The molecule has 2 aromatic carbocycles. The molecular weight excluding hydrogens is 352 g/mol. The summed E-state index contributed by atoms with van der Waals surface area (Å²) in [6.45, 7) is 1.89. The van der Waals surface area contributed by atoms with Gasteiger partial charge in [-0.1, -0.05) is 60.7 Å². The van der Waals surface area contributed by atoms with E-state index >= 15 is 0 Å². The van der Waals surface area contributed by atoms with E-state index in [0.717, 1.165) is 11.4 Å². The molecule has 0 aliphatic heterocycles. The SMILES string of the molecule is C[C@@](N)(Cc1ccccc1)c1nnc(Cc2nnc(Cc3ccccc3)[nH]2)o1. The van der Waals surface area contributed by atoms with Gasteiger partial charge in [0.1, 0.15) is 11.6 Å². The highest BCUT2D eigenvalue weighted by molar-refractivity contribution is 5.20. The van der Waals surface area contributed by atoms with Gasteiger partial charge in [0, 0.05) is 6.42 Å². The number of aromatic amines is 1. The molecule has 0 bridgehead atoms. The lowest BCUT2D eigenvalue weighted by Crippen LogP contribution is -2.35. The highest BCUT2D eigenvalue weighted by Gasteiger charge is 2.28. The highest BCUT2D eigenvalue weighted by Crippen LogP contribution is 2.22. The summed E-state index contributed by atoms with van der Waals surface area (Å²) in [4.78, 5) is 3.22. The molecule has 4 rings (SSSR count). The fourth-order valence-electron chi connectivity index (χ4n) is 3.08. The van der Waals surface area contributed by atoms with Gasteiger partial charge in [-0.25, -0.2) is 0 Å². The van der Waals surface area contributed by atoms with E-state index in [9.17, 15) is 0 Å². The van der Waals surface area contributed by atoms with Crippen LogP contribution in [-0.4, -0.2) is 25.4 Å². The Morgan fingerprint density at radius 1 is 0.821 bits per heavy atom. The third-order valence-electron chi connectivity index (χ3n) is 4.48. The first kappa shape index (κ1) is 18.1. The van der Waals surface area contributed by atoms with Crippen molar-refractivity contribution in [1.82, 2.24) is 25.4 Å². The van der Waals surface area contributed by atoms with Gasteiger partial charge >= 0.3 is 0 Å². The second kappa shape index (κ2) is 7.74. The fraction of sp³-hybridized carbons (Fsp3) is 0.238. The number of nitrogens with one attached hydrogen (secondary N) is 1. The van der Waals surface area contributed by atoms with Crippen molar-refractivity contribution in [2.45, 2.75) is 31.7 Å². The van der Waals surface area contributed by atoms with Crippen molar-refractivity contribution in [2.24, 2.45) is 5.73 Å². The number of nitrogens with zero attached hydrogens (tertiary/aromatic N) is 4. The standard InChI is InChI=1S/C21H22N6O/c1-21(22,14-16-10-6-3-7-11-16)20-27-26-19(28-20)13-18-23-17(24-25-18)12-15-8-4-2-5-9-15/h2-11H,12-14,22H2,1H3,(H,23,24,25)/t21-/m1/s1. The highest BCUT2D eigenvalue weighted by atomic mass is 16.4. The topological polar surface area (TPSA) is 107 Å². The Kier molecular flexibility index (Phi) is 4.99. The van der Waals surface area contributed by atoms with E-state index < -0.39 is 5.54 Å². The molecule has 0 amide bonds. The molecule has 2 heterocycles. The van der Waals surface area contributed by atoms with Crippen molar-refractivity contribution in [3.05, 3.63) is 95.2 Å². The monoisotopic (exact) mass is 374 g/mol. The van der Waals surface area contributed by atoms with Crippen molar-refractivity contribution in [1.29, 1.82) is 0 Å². The Labute approximate surface area is 163 Å².